The Bertz CT molecular complexity index is 224. The Balaban J connectivity index is 4.04. The van der Waals surface area contributed by atoms with E-state index >= 15 is 0 Å². The van der Waals surface area contributed by atoms with E-state index in [9.17, 15) is 4.79 Å². The summed E-state index contributed by atoms with van der Waals surface area (Å²) in [7, 11) is 2.39. The van der Waals surface area contributed by atoms with Crippen LogP contribution in [0.4, 0.5) is 0 Å². The number of allylic oxidation sites excluding steroid dienone is 1. The molecule has 0 amide bonds. The standard InChI is InChI=1S/C13H25O2P/c1-5-7-11(6-2)8-9-13(3,4)15-12(14)10-16/h5,11H,1,6-10,16H2,2-4H3. The fourth-order valence-corrected chi connectivity index (χ4v) is 1.76. The largest absolute Gasteiger partial charge is 0.459 e. The monoisotopic (exact) mass is 244 g/mol. The molecule has 16 heavy (non-hydrogen) atoms. The maximum Gasteiger partial charge on any atom is 0.310 e. The van der Waals surface area contributed by atoms with Gasteiger partial charge in [-0.3, -0.25) is 4.79 Å². The van der Waals surface area contributed by atoms with E-state index in [1.807, 2.05) is 19.9 Å². The first-order valence-electron chi connectivity index (χ1n) is 5.98. The van der Waals surface area contributed by atoms with Gasteiger partial charge in [-0.25, -0.2) is 0 Å². The molecule has 2 unspecified atom stereocenters. The summed E-state index contributed by atoms with van der Waals surface area (Å²) >= 11 is 0. The lowest BCUT2D eigenvalue weighted by Crippen LogP contribution is -2.29. The van der Waals surface area contributed by atoms with Crippen LogP contribution < -0.4 is 0 Å². The first-order chi connectivity index (χ1) is 7.45. The molecule has 0 aromatic heterocycles. The van der Waals surface area contributed by atoms with E-state index in [0.29, 0.717) is 12.1 Å². The number of rotatable bonds is 8. The first kappa shape index (κ1) is 15.6. The van der Waals surface area contributed by atoms with Crippen LogP contribution >= 0.6 is 9.24 Å². The Morgan fingerprint density at radius 1 is 1.56 bits per heavy atom. The average molecular weight is 244 g/mol. The fourth-order valence-electron chi connectivity index (χ4n) is 1.68. The lowest BCUT2D eigenvalue weighted by atomic mass is 9.91. The average Bonchev–Trinajstić information content (AvgIpc) is 2.23. The van der Waals surface area contributed by atoms with Crippen molar-refractivity contribution in [1.29, 1.82) is 0 Å². The molecule has 0 spiro atoms. The molecule has 0 saturated heterocycles. The molecule has 0 N–H and O–H groups in total. The molecule has 0 bridgehead atoms. The Kier molecular flexibility index (Phi) is 7.66. The minimum Gasteiger partial charge on any atom is -0.459 e. The van der Waals surface area contributed by atoms with Gasteiger partial charge < -0.3 is 4.74 Å². The number of esters is 1. The molecule has 2 nitrogen and oxygen atoms in total. The van der Waals surface area contributed by atoms with Crippen molar-refractivity contribution in [1.82, 2.24) is 0 Å². The molecule has 0 aromatic carbocycles. The van der Waals surface area contributed by atoms with Crippen LogP contribution in [0.5, 0.6) is 0 Å². The van der Waals surface area contributed by atoms with Crippen LogP contribution in [0.15, 0.2) is 12.7 Å². The third-order valence-electron chi connectivity index (χ3n) is 2.79. The van der Waals surface area contributed by atoms with Crippen molar-refractivity contribution in [2.75, 3.05) is 6.16 Å². The van der Waals surface area contributed by atoms with Crippen LogP contribution in [0.25, 0.3) is 0 Å². The van der Waals surface area contributed by atoms with Gasteiger partial charge in [0, 0.05) is 0 Å². The van der Waals surface area contributed by atoms with E-state index in [0.717, 1.165) is 25.7 Å². The molecule has 0 heterocycles. The fraction of sp³-hybridized carbons (Fsp3) is 0.769. The lowest BCUT2D eigenvalue weighted by Gasteiger charge is -2.26. The zero-order chi connectivity index (χ0) is 12.6. The molecule has 2 atom stereocenters. The molecular formula is C13H25O2P. The summed E-state index contributed by atoms with van der Waals surface area (Å²) in [4.78, 5) is 11.2. The normalized spacial score (nSPS) is 13.2. The van der Waals surface area contributed by atoms with E-state index in [1.54, 1.807) is 0 Å². The van der Waals surface area contributed by atoms with Crippen LogP contribution in [0.3, 0.4) is 0 Å². The van der Waals surface area contributed by atoms with Crippen molar-refractivity contribution in [2.24, 2.45) is 5.92 Å². The maximum absolute atomic E-state index is 11.2. The summed E-state index contributed by atoms with van der Waals surface area (Å²) < 4.78 is 5.37. The Labute approximate surface area is 102 Å². The second kappa shape index (κ2) is 7.84. The van der Waals surface area contributed by atoms with Gasteiger partial charge in [0.2, 0.25) is 0 Å². The van der Waals surface area contributed by atoms with E-state index in [-0.39, 0.29) is 11.6 Å². The first-order valence-corrected chi connectivity index (χ1v) is 6.79. The summed E-state index contributed by atoms with van der Waals surface area (Å²) in [5.41, 5.74) is -0.345. The second-order valence-electron chi connectivity index (χ2n) is 4.78. The highest BCUT2D eigenvalue weighted by Crippen LogP contribution is 2.24. The van der Waals surface area contributed by atoms with Crippen LogP contribution in [0.2, 0.25) is 0 Å². The van der Waals surface area contributed by atoms with Crippen LogP contribution in [0, 0.1) is 5.92 Å². The van der Waals surface area contributed by atoms with Crippen molar-refractivity contribution >= 4 is 15.2 Å². The number of carbonyl (C=O) groups is 1. The van der Waals surface area contributed by atoms with Crippen LogP contribution in [-0.2, 0) is 9.53 Å². The third kappa shape index (κ3) is 7.00. The molecule has 0 saturated carbocycles. The molecule has 0 aliphatic carbocycles. The highest BCUT2D eigenvalue weighted by molar-refractivity contribution is 7.18. The van der Waals surface area contributed by atoms with Crippen LogP contribution in [0.1, 0.15) is 46.5 Å². The van der Waals surface area contributed by atoms with E-state index in [2.05, 4.69) is 22.7 Å². The molecule has 0 fully saturated rings. The van der Waals surface area contributed by atoms with Gasteiger partial charge in [0.25, 0.3) is 0 Å². The molecule has 0 rings (SSSR count). The highest BCUT2D eigenvalue weighted by atomic mass is 31.0. The van der Waals surface area contributed by atoms with Gasteiger partial charge >= 0.3 is 5.97 Å². The summed E-state index contributed by atoms with van der Waals surface area (Å²) in [6.45, 7) is 9.91. The van der Waals surface area contributed by atoms with Gasteiger partial charge in [-0.1, -0.05) is 19.4 Å². The number of carbonyl (C=O) groups excluding carboxylic acids is 1. The van der Waals surface area contributed by atoms with Gasteiger partial charge in [-0.15, -0.1) is 15.8 Å². The smallest absolute Gasteiger partial charge is 0.310 e. The molecule has 0 radical (unpaired) electrons. The van der Waals surface area contributed by atoms with Crippen molar-refractivity contribution in [3.8, 4) is 0 Å². The minimum atomic E-state index is -0.345. The highest BCUT2D eigenvalue weighted by Gasteiger charge is 2.23. The van der Waals surface area contributed by atoms with Crippen molar-refractivity contribution in [3.05, 3.63) is 12.7 Å². The molecule has 3 heteroatoms. The Morgan fingerprint density at radius 3 is 2.62 bits per heavy atom. The summed E-state index contributed by atoms with van der Waals surface area (Å²) in [6.07, 6.45) is 6.53. The minimum absolute atomic E-state index is 0.147. The summed E-state index contributed by atoms with van der Waals surface area (Å²) in [5.74, 6) is 0.512. The van der Waals surface area contributed by atoms with Gasteiger partial charge in [0.05, 0.1) is 6.16 Å². The van der Waals surface area contributed by atoms with Gasteiger partial charge in [-0.05, 0) is 39.0 Å². The summed E-state index contributed by atoms with van der Waals surface area (Å²) in [5, 5.41) is 0. The molecule has 0 aromatic rings. The Morgan fingerprint density at radius 2 is 2.19 bits per heavy atom. The lowest BCUT2D eigenvalue weighted by molar-refractivity contribution is -0.153. The third-order valence-corrected chi connectivity index (χ3v) is 3.12. The molecule has 0 aliphatic heterocycles. The van der Waals surface area contributed by atoms with E-state index in [1.165, 1.54) is 0 Å². The molecule has 94 valence electrons. The van der Waals surface area contributed by atoms with E-state index in [4.69, 9.17) is 4.74 Å². The maximum atomic E-state index is 11.2. The predicted molar refractivity (Wildman–Crippen MR) is 72.6 cm³/mol. The predicted octanol–water partition coefficient (Wildman–Crippen LogP) is 3.57. The quantitative estimate of drug-likeness (QED) is 0.371. The Hall–Kier alpha value is -0.360. The van der Waals surface area contributed by atoms with Crippen LogP contribution in [-0.4, -0.2) is 17.7 Å². The zero-order valence-electron chi connectivity index (χ0n) is 10.8. The zero-order valence-corrected chi connectivity index (χ0v) is 11.9. The van der Waals surface area contributed by atoms with Gasteiger partial charge in [0.15, 0.2) is 0 Å². The van der Waals surface area contributed by atoms with E-state index < -0.39 is 0 Å². The van der Waals surface area contributed by atoms with Gasteiger partial charge in [-0.2, -0.15) is 0 Å². The molecule has 0 aliphatic rings. The van der Waals surface area contributed by atoms with Gasteiger partial charge in [0.1, 0.15) is 5.60 Å². The summed E-state index contributed by atoms with van der Waals surface area (Å²) in [6, 6.07) is 0. The number of ether oxygens (including phenoxy) is 1. The number of hydrogen-bond acceptors (Lipinski definition) is 2. The SMILES string of the molecule is C=CCC(CC)CCC(C)(C)OC(=O)CP. The second-order valence-corrected chi connectivity index (χ2v) is 5.18. The number of hydrogen-bond donors (Lipinski definition) is 0. The van der Waals surface area contributed by atoms with Crippen molar-refractivity contribution in [2.45, 2.75) is 52.1 Å². The molecular weight excluding hydrogens is 219 g/mol. The topological polar surface area (TPSA) is 26.3 Å². The van der Waals surface area contributed by atoms with Crippen molar-refractivity contribution < 1.29 is 9.53 Å². The van der Waals surface area contributed by atoms with Crippen molar-refractivity contribution in [3.63, 3.8) is 0 Å².